The van der Waals surface area contributed by atoms with Crippen LogP contribution in [0.25, 0.3) is 0 Å². The van der Waals surface area contributed by atoms with Crippen LogP contribution >= 0.6 is 45.7 Å². The van der Waals surface area contributed by atoms with E-state index in [0.717, 1.165) is 0 Å². The second kappa shape index (κ2) is 24.6. The van der Waals surface area contributed by atoms with E-state index in [-0.39, 0.29) is 24.8 Å². The largest absolute Gasteiger partial charge is 0.363 e. The molecule has 0 fully saturated rings. The number of rotatable bonds is 0. The molecule has 8 heavy (non-hydrogen) atoms. The Balaban J connectivity index is -0.0000000183. The Bertz CT molecular complexity index is 40.3. The van der Waals surface area contributed by atoms with Gasteiger partial charge in [0.05, 0.1) is 0 Å². The van der Waals surface area contributed by atoms with Crippen LogP contribution in [0, 0.1) is 0 Å². The molecule has 0 atom stereocenters. The van der Waals surface area contributed by atoms with E-state index in [0.29, 0.717) is 0 Å². The van der Waals surface area contributed by atoms with Gasteiger partial charge in [-0.15, -0.1) is 24.8 Å². The topological polar surface area (TPSA) is 57.5 Å². The van der Waals surface area contributed by atoms with E-state index >= 15 is 0 Å². The molecule has 0 unspecified atom stereocenters. The van der Waals surface area contributed by atoms with E-state index in [9.17, 15) is 0 Å². The highest BCUT2D eigenvalue weighted by Crippen LogP contribution is 1.98. The van der Waals surface area contributed by atoms with Crippen molar-refractivity contribution in [1.82, 2.24) is 0 Å². The van der Waals surface area contributed by atoms with Crippen LogP contribution in [0.2, 0.25) is 0 Å². The van der Waals surface area contributed by atoms with Crippen molar-refractivity contribution in [3.63, 3.8) is 0 Å². The summed E-state index contributed by atoms with van der Waals surface area (Å²) in [6.45, 7) is 0. The van der Waals surface area contributed by atoms with Crippen molar-refractivity contribution in [1.29, 1.82) is 0 Å². The molecule has 0 spiro atoms. The monoisotopic (exact) mass is 201 g/mol. The molecule has 1 radical (unpaired) electrons. The fourth-order valence-electron chi connectivity index (χ4n) is 0. The number of hydrogen-bond acceptors (Lipinski definition) is 2. The van der Waals surface area contributed by atoms with Gasteiger partial charge in [-0.1, -0.05) is 0 Å². The van der Waals surface area contributed by atoms with Gasteiger partial charge in [-0.2, -0.15) is 12.6 Å². The lowest BCUT2D eigenvalue weighted by Crippen LogP contribution is -1.38. The lowest BCUT2D eigenvalue weighted by Gasteiger charge is -1.57. The van der Waals surface area contributed by atoms with Gasteiger partial charge in [0.15, 0.2) is 0 Å². The Morgan fingerprint density at radius 1 is 1.25 bits per heavy atom. The van der Waals surface area contributed by atoms with E-state index in [2.05, 4.69) is 12.6 Å². The summed E-state index contributed by atoms with van der Waals surface area (Å²) in [5, 5.41) is 0. The molecule has 0 aromatic heterocycles. The van der Waals surface area contributed by atoms with Gasteiger partial charge in [-0.05, 0) is 6.26 Å². The van der Waals surface area contributed by atoms with E-state index in [1.165, 1.54) is 0 Å². The first-order valence-electron chi connectivity index (χ1n) is 1.03. The highest BCUT2D eigenvalue weighted by atomic mass is 35.5. The second-order valence-electron chi connectivity index (χ2n) is 0.253. The predicted molar refractivity (Wildman–Crippen MR) is 41.5 cm³/mol. The third kappa shape index (κ3) is 273. The summed E-state index contributed by atoms with van der Waals surface area (Å²) in [4.78, 5) is 14.2. The zero-order valence-electron chi connectivity index (χ0n) is 4.01. The van der Waals surface area contributed by atoms with Gasteiger partial charge in [0, 0.05) is 0 Å². The van der Waals surface area contributed by atoms with Gasteiger partial charge in [0.2, 0.25) is 0 Å². The summed E-state index contributed by atoms with van der Waals surface area (Å²) in [5.41, 5.74) is 0. The fourth-order valence-corrected chi connectivity index (χ4v) is 0. The normalized spacial score (nSPS) is 4.00. The molecule has 0 rings (SSSR count). The van der Waals surface area contributed by atoms with Gasteiger partial charge < -0.3 is 0 Å². The van der Waals surface area contributed by atoms with Crippen LogP contribution in [0.5, 0.6) is 0 Å². The van der Waals surface area contributed by atoms with Gasteiger partial charge in [-0.3, -0.25) is 9.79 Å². The summed E-state index contributed by atoms with van der Waals surface area (Å²) in [6, 6.07) is 0. The molecule has 0 aliphatic carbocycles. The minimum absolute atomic E-state index is 0. The van der Waals surface area contributed by atoms with Gasteiger partial charge in [0.1, 0.15) is 0 Å². The number of thiol groups is 1. The van der Waals surface area contributed by atoms with E-state index in [4.69, 9.17) is 14.4 Å². The Morgan fingerprint density at radius 2 is 1.25 bits per heavy atom. The predicted octanol–water partition coefficient (Wildman–Crippen LogP) is 1.02. The number of halogens is 2. The molecule has 3 nitrogen and oxygen atoms in total. The standard InChI is InChI=1S/CH4S.2ClH.H2O3P/c1-2;;;1-4(2)3/h2H,1H3;2*1H;(H2,1,2,3). The van der Waals surface area contributed by atoms with Crippen molar-refractivity contribution in [3.8, 4) is 0 Å². The van der Waals surface area contributed by atoms with Gasteiger partial charge >= 0.3 is 8.25 Å². The summed E-state index contributed by atoms with van der Waals surface area (Å²) < 4.78 is 8.70. The van der Waals surface area contributed by atoms with Gasteiger partial charge in [-0.25, -0.2) is 4.57 Å². The molecule has 2 N–H and O–H groups in total. The first-order valence-corrected chi connectivity index (χ1v) is 3.09. The van der Waals surface area contributed by atoms with Crippen LogP contribution < -0.4 is 0 Å². The zero-order chi connectivity index (χ0) is 5.58. The Hall–Kier alpha value is 0.950. The molecule has 0 bridgehead atoms. The average molecular weight is 202 g/mol. The summed E-state index contributed by atoms with van der Waals surface area (Å²) in [7, 11) is -2.87. The first-order chi connectivity index (χ1) is 2.73. The molecule has 0 saturated carbocycles. The van der Waals surface area contributed by atoms with Crippen molar-refractivity contribution in [2.75, 3.05) is 6.26 Å². The number of hydrogen-bond donors (Lipinski definition) is 3. The van der Waals surface area contributed by atoms with E-state index in [1.54, 1.807) is 6.26 Å². The minimum atomic E-state index is -2.87. The second-order valence-corrected chi connectivity index (χ2v) is 0.758. The molecule has 0 aliphatic rings. The molecular formula is CH8Cl2O3PS. The smallest absolute Gasteiger partial charge is 0.298 e. The molecule has 0 aromatic rings. The Morgan fingerprint density at radius 3 is 1.25 bits per heavy atom. The van der Waals surface area contributed by atoms with E-state index < -0.39 is 8.25 Å². The maximum Gasteiger partial charge on any atom is 0.363 e. The van der Waals surface area contributed by atoms with Crippen molar-refractivity contribution in [2.45, 2.75) is 0 Å². The summed E-state index contributed by atoms with van der Waals surface area (Å²) in [6.07, 6.45) is 1.69. The van der Waals surface area contributed by atoms with Gasteiger partial charge in [0.25, 0.3) is 0 Å². The van der Waals surface area contributed by atoms with Crippen LogP contribution in [-0.2, 0) is 4.57 Å². The molecule has 0 aliphatic heterocycles. The highest BCUT2D eigenvalue weighted by Gasteiger charge is 1.65. The van der Waals surface area contributed by atoms with Crippen LogP contribution in [-0.4, -0.2) is 16.0 Å². The van der Waals surface area contributed by atoms with Crippen molar-refractivity contribution in [2.24, 2.45) is 0 Å². The SMILES string of the molecule is CS.Cl.Cl.O=[P](O)O. The third-order valence-corrected chi connectivity index (χ3v) is 0. The quantitative estimate of drug-likeness (QED) is 0.406. The molecule has 55 valence electrons. The molecule has 0 heterocycles. The molecule has 0 saturated heterocycles. The Labute approximate surface area is 66.7 Å². The maximum atomic E-state index is 8.70. The first kappa shape index (κ1) is 23.1. The molecule has 0 amide bonds. The minimum Gasteiger partial charge on any atom is -0.298 e. The zero-order valence-corrected chi connectivity index (χ0v) is 7.44. The van der Waals surface area contributed by atoms with Crippen molar-refractivity contribution < 1.29 is 14.4 Å². The Kier molecular flexibility index (Phi) is 71.0. The molecule has 0 aromatic carbocycles. The van der Waals surface area contributed by atoms with Crippen LogP contribution in [0.15, 0.2) is 0 Å². The summed E-state index contributed by atoms with van der Waals surface area (Å²) in [5.74, 6) is 0. The lowest BCUT2D eigenvalue weighted by molar-refractivity contribution is 0.405. The molecule has 7 heteroatoms. The lowest BCUT2D eigenvalue weighted by atomic mass is 12.0. The summed E-state index contributed by atoms with van der Waals surface area (Å²) >= 11 is 3.53. The van der Waals surface area contributed by atoms with E-state index in [1.807, 2.05) is 0 Å². The molecular weight excluding hydrogens is 194 g/mol. The van der Waals surface area contributed by atoms with Crippen LogP contribution in [0.1, 0.15) is 0 Å². The van der Waals surface area contributed by atoms with Crippen molar-refractivity contribution in [3.05, 3.63) is 0 Å². The van der Waals surface area contributed by atoms with Crippen molar-refractivity contribution >= 4 is 45.7 Å². The average Bonchev–Trinajstić information content (AvgIpc) is 1.41. The highest BCUT2D eigenvalue weighted by molar-refractivity contribution is 7.79. The van der Waals surface area contributed by atoms with Crippen LogP contribution in [0.3, 0.4) is 0 Å². The third-order valence-electron chi connectivity index (χ3n) is 0. The van der Waals surface area contributed by atoms with Crippen LogP contribution in [0.4, 0.5) is 0 Å². The maximum absolute atomic E-state index is 8.70. The fraction of sp³-hybridized carbons (Fsp3) is 1.00.